The van der Waals surface area contributed by atoms with E-state index >= 15 is 0 Å². The lowest BCUT2D eigenvalue weighted by Gasteiger charge is -2.22. The van der Waals surface area contributed by atoms with Crippen molar-refractivity contribution in [2.24, 2.45) is 0 Å². The van der Waals surface area contributed by atoms with Gasteiger partial charge in [0, 0.05) is 115 Å². The number of hydrogen-bond acceptors (Lipinski definition) is 1. The van der Waals surface area contributed by atoms with E-state index in [1.165, 1.54) is 236 Å². The summed E-state index contributed by atoms with van der Waals surface area (Å²) in [6.07, 6.45) is 10.6. The van der Waals surface area contributed by atoms with Crippen LogP contribution in [0.15, 0.2) is 395 Å². The molecular weight excluding hydrogens is 1490 g/mol. The maximum atomic E-state index is 4.41. The predicted molar refractivity (Wildman–Crippen MR) is 520 cm³/mol. The second-order valence-electron chi connectivity index (χ2n) is 33.8. The van der Waals surface area contributed by atoms with Crippen molar-refractivity contribution >= 4 is 158 Å². The van der Waals surface area contributed by atoms with Crippen LogP contribution in [-0.2, 0) is 11.8 Å². The molecule has 2 aliphatic rings. The molecule has 18 aromatic carbocycles. The molecule has 0 unspecified atom stereocenters. The van der Waals surface area contributed by atoms with Crippen LogP contribution in [-0.4, -0.2) is 33.6 Å². The summed E-state index contributed by atoms with van der Waals surface area (Å²) in [5, 5.41) is 20.2. The zero-order chi connectivity index (χ0) is 81.1. The van der Waals surface area contributed by atoms with Crippen molar-refractivity contribution < 1.29 is 0 Å². The third-order valence-electron chi connectivity index (χ3n) is 26.7. The molecule has 123 heavy (non-hydrogen) atoms. The van der Waals surface area contributed by atoms with Crippen LogP contribution in [0.2, 0.25) is 0 Å². The number of allylic oxidation sites excluding steroid dienone is 1. The molecule has 7 heterocycles. The SMILES string of the molecule is CC1(C)c2ccccc2-c2ccc(-n3c4ccccc4c4ccc(-c5cc6c([nH]c7ccccc76)c6c5C=CCC6)cc43)cc21.c1ccc(-c2cccc(-n3c4ccccc4c4ccc(-c5cc6c7ccccc7[nH]c6c6ccccc56)cc43)c2)cc1.c1cncc(-n2c3ccccc3c3ccc(-c4cc5c6ccccc6[nH]c5c5ccccc45)cc32)c1. The Kier molecular flexibility index (Phi) is 15.8. The van der Waals surface area contributed by atoms with Gasteiger partial charge in [-0.3, -0.25) is 4.98 Å². The molecule has 0 aliphatic heterocycles. The predicted octanol–water partition coefficient (Wildman–Crippen LogP) is 30.9. The molecule has 0 bridgehead atoms. The largest absolute Gasteiger partial charge is 0.354 e. The molecule has 0 atom stereocenters. The minimum atomic E-state index is -0.0496. The number of pyridine rings is 1. The summed E-state index contributed by atoms with van der Waals surface area (Å²) in [6.45, 7) is 4.73. The molecule has 0 fully saturated rings. The molecular formula is C116H79N7. The van der Waals surface area contributed by atoms with E-state index in [0.717, 1.165) is 24.2 Å². The van der Waals surface area contributed by atoms with Gasteiger partial charge in [-0.1, -0.05) is 293 Å². The van der Waals surface area contributed by atoms with E-state index in [1.54, 1.807) is 0 Å². The van der Waals surface area contributed by atoms with Crippen molar-refractivity contribution in [1.82, 2.24) is 33.6 Å². The molecule has 0 amide bonds. The highest BCUT2D eigenvalue weighted by atomic mass is 15.0. The first kappa shape index (κ1) is 70.2. The van der Waals surface area contributed by atoms with Gasteiger partial charge in [0.25, 0.3) is 0 Å². The number of aromatic amines is 3. The Bertz CT molecular complexity index is 8730. The maximum Gasteiger partial charge on any atom is 0.0645 e. The van der Waals surface area contributed by atoms with Gasteiger partial charge >= 0.3 is 0 Å². The van der Waals surface area contributed by atoms with Gasteiger partial charge in [-0.2, -0.15) is 0 Å². The third kappa shape index (κ3) is 11.0. The summed E-state index contributed by atoms with van der Waals surface area (Å²) in [4.78, 5) is 15.5. The molecule has 7 aromatic heterocycles. The van der Waals surface area contributed by atoms with Crippen molar-refractivity contribution in [2.75, 3.05) is 0 Å². The number of benzene rings is 18. The Morgan fingerprint density at radius 3 is 1.22 bits per heavy atom. The molecule has 0 saturated heterocycles. The van der Waals surface area contributed by atoms with Gasteiger partial charge in [0.05, 0.1) is 61.5 Å². The number of nitrogens with zero attached hydrogens (tertiary/aromatic N) is 4. The second-order valence-corrected chi connectivity index (χ2v) is 33.8. The lowest BCUT2D eigenvalue weighted by Crippen LogP contribution is -2.15. The third-order valence-corrected chi connectivity index (χ3v) is 26.7. The Labute approximate surface area is 709 Å². The first-order chi connectivity index (χ1) is 60.8. The van der Waals surface area contributed by atoms with Crippen molar-refractivity contribution in [3.05, 3.63) is 417 Å². The number of rotatable bonds is 7. The summed E-state index contributed by atoms with van der Waals surface area (Å²) in [5.74, 6) is 0. The van der Waals surface area contributed by atoms with Crippen LogP contribution in [0.3, 0.4) is 0 Å². The smallest absolute Gasteiger partial charge is 0.0645 e. The molecule has 578 valence electrons. The van der Waals surface area contributed by atoms with Crippen LogP contribution >= 0.6 is 0 Å². The molecule has 0 saturated carbocycles. The molecule has 0 radical (unpaired) electrons. The fraction of sp³-hybridized carbons (Fsp3) is 0.0431. The fourth-order valence-corrected chi connectivity index (χ4v) is 21.1. The van der Waals surface area contributed by atoms with E-state index in [-0.39, 0.29) is 5.41 Å². The number of para-hydroxylation sites is 6. The Hall–Kier alpha value is -15.8. The van der Waals surface area contributed by atoms with E-state index in [4.69, 9.17) is 0 Å². The summed E-state index contributed by atoms with van der Waals surface area (Å²) in [6, 6.07) is 137. The maximum absolute atomic E-state index is 4.41. The molecule has 25 aromatic rings. The van der Waals surface area contributed by atoms with Gasteiger partial charge in [-0.15, -0.1) is 0 Å². The molecule has 27 rings (SSSR count). The lowest BCUT2D eigenvalue weighted by atomic mass is 9.82. The van der Waals surface area contributed by atoms with E-state index in [1.807, 2.05) is 18.5 Å². The van der Waals surface area contributed by atoms with Crippen LogP contribution in [0.5, 0.6) is 0 Å². The van der Waals surface area contributed by atoms with Crippen molar-refractivity contribution in [1.29, 1.82) is 0 Å². The fourth-order valence-electron chi connectivity index (χ4n) is 21.1. The molecule has 7 nitrogen and oxygen atoms in total. The number of hydrogen-bond donors (Lipinski definition) is 3. The van der Waals surface area contributed by atoms with Gasteiger partial charge in [0.2, 0.25) is 0 Å². The monoisotopic (exact) mass is 1570 g/mol. The summed E-state index contributed by atoms with van der Waals surface area (Å²) >= 11 is 0. The summed E-state index contributed by atoms with van der Waals surface area (Å²) in [7, 11) is 0. The number of aromatic nitrogens is 7. The van der Waals surface area contributed by atoms with E-state index in [0.29, 0.717) is 0 Å². The van der Waals surface area contributed by atoms with Gasteiger partial charge in [0.15, 0.2) is 0 Å². The number of aryl methyl sites for hydroxylation is 1. The van der Waals surface area contributed by atoms with Crippen molar-refractivity contribution in [3.8, 4) is 72.7 Å². The summed E-state index contributed by atoms with van der Waals surface area (Å²) < 4.78 is 7.24. The van der Waals surface area contributed by atoms with Crippen molar-refractivity contribution in [2.45, 2.75) is 32.1 Å². The quantitative estimate of drug-likeness (QED) is 0.146. The highest BCUT2D eigenvalue weighted by Gasteiger charge is 2.36. The van der Waals surface area contributed by atoms with E-state index in [2.05, 4.69) is 430 Å². The lowest BCUT2D eigenvalue weighted by molar-refractivity contribution is 0.660. The molecule has 3 N–H and O–H groups in total. The summed E-state index contributed by atoms with van der Waals surface area (Å²) in [5.41, 5.74) is 36.1. The number of fused-ring (bicyclic) bond motifs is 27. The zero-order valence-corrected chi connectivity index (χ0v) is 67.8. The topological polar surface area (TPSA) is 75.0 Å². The van der Waals surface area contributed by atoms with Gasteiger partial charge in [0.1, 0.15) is 0 Å². The van der Waals surface area contributed by atoms with Crippen LogP contribution in [0, 0.1) is 0 Å². The van der Waals surface area contributed by atoms with Gasteiger partial charge in [-0.25, -0.2) is 0 Å². The zero-order valence-electron chi connectivity index (χ0n) is 67.8. The van der Waals surface area contributed by atoms with E-state index in [9.17, 15) is 0 Å². The van der Waals surface area contributed by atoms with E-state index < -0.39 is 0 Å². The first-order valence-corrected chi connectivity index (χ1v) is 42.8. The Morgan fingerprint density at radius 1 is 0.260 bits per heavy atom. The average Bonchev–Trinajstić information content (AvgIpc) is 1.58. The molecule has 2 aliphatic carbocycles. The van der Waals surface area contributed by atoms with Crippen molar-refractivity contribution in [3.63, 3.8) is 0 Å². The van der Waals surface area contributed by atoms with Crippen LogP contribution in [0.4, 0.5) is 0 Å². The molecule has 0 spiro atoms. The normalized spacial score (nSPS) is 12.9. The second kappa shape index (κ2) is 27.6. The highest BCUT2D eigenvalue weighted by molar-refractivity contribution is 6.24. The Balaban J connectivity index is 0.000000102. The van der Waals surface area contributed by atoms with Gasteiger partial charge in [-0.05, 0) is 211 Å². The number of H-pyrrole nitrogens is 3. The standard InChI is InChI=1S/C43H32N2.C40H26N2.C33H21N3/c1-43(2)37-16-8-5-12-29(37)30-22-20-27(24-38(30)43)45-40-18-10-7-14-32(40)33-21-19-26(23-41(33)45)35-25-36-31-13-6-9-17-39(31)44-42(36)34-15-4-3-11-28(34)35;1-2-11-26(12-3-1)27-13-10-14-29(23-27)42-38-20-9-7-17-32(38)33-22-21-28(24-39(33)42)35-25-36-31-16-6-8-19-37(31)41-40(36)34-18-5-4-15-30(34)35;1-2-12-27-23(9-1)28(19-29-24-10-3-5-13-30(24)35-33(27)29)21-15-16-26-25-11-4-6-14-31(25)36(32(26)18-21)22-8-7-17-34-20-22/h3,5-14,16-25,44H,4,15H2,1-2H3;1-25,41H;1-20,35H. The van der Waals surface area contributed by atoms with Crippen LogP contribution in [0.25, 0.3) is 231 Å². The average molecular weight is 1570 g/mol. The number of nitrogens with one attached hydrogen (secondary N) is 3. The van der Waals surface area contributed by atoms with Crippen LogP contribution < -0.4 is 0 Å². The Morgan fingerprint density at radius 2 is 0.675 bits per heavy atom. The molecule has 7 heteroatoms. The first-order valence-electron chi connectivity index (χ1n) is 42.8. The minimum absolute atomic E-state index is 0.0496. The van der Waals surface area contributed by atoms with Crippen LogP contribution in [0.1, 0.15) is 42.5 Å². The van der Waals surface area contributed by atoms with Gasteiger partial charge < -0.3 is 28.7 Å². The highest BCUT2D eigenvalue weighted by Crippen LogP contribution is 2.51. The minimum Gasteiger partial charge on any atom is -0.354 e.